The van der Waals surface area contributed by atoms with Crippen LogP contribution in [0, 0.1) is 0 Å². The fraction of sp³-hybridized carbons (Fsp3) is 0.364. The fourth-order valence-electron chi connectivity index (χ4n) is 1.44. The molecule has 0 unspecified atom stereocenters. The molecule has 1 fully saturated rings. The van der Waals surface area contributed by atoms with E-state index in [0.29, 0.717) is 12.0 Å². The summed E-state index contributed by atoms with van der Waals surface area (Å²) >= 11 is 0. The maximum Gasteiger partial charge on any atom is 0.265 e. The Morgan fingerprint density at radius 2 is 2.00 bits per heavy atom. The molecule has 3 nitrogen and oxygen atoms in total. The van der Waals surface area contributed by atoms with Crippen LogP contribution in [0.1, 0.15) is 23.2 Å². The number of rotatable bonds is 3. The van der Waals surface area contributed by atoms with Gasteiger partial charge in [0.25, 0.3) is 5.91 Å². The number of halogens is 1. The van der Waals surface area contributed by atoms with Gasteiger partial charge in [-0.25, -0.2) is 9.82 Å². The number of amides is 1. The predicted molar refractivity (Wildman–Crippen MR) is 55.0 cm³/mol. The minimum atomic E-state index is -0.832. The summed E-state index contributed by atoms with van der Waals surface area (Å²) in [6.07, 6.45) is 0.524. The van der Waals surface area contributed by atoms with Crippen molar-refractivity contribution in [3.63, 3.8) is 0 Å². The number of alkyl halides is 1. The summed E-state index contributed by atoms with van der Waals surface area (Å²) in [5.74, 6) is -0.227. The highest BCUT2D eigenvalue weighted by Gasteiger charge is 2.30. The quantitative estimate of drug-likeness (QED) is 0.738. The maximum absolute atomic E-state index is 12.8. The first-order valence-corrected chi connectivity index (χ1v) is 5.02. The van der Waals surface area contributed by atoms with Crippen LogP contribution < -0.4 is 10.9 Å². The Morgan fingerprint density at radius 3 is 2.53 bits per heavy atom. The van der Waals surface area contributed by atoms with Gasteiger partial charge in [-0.05, 0) is 25.0 Å². The van der Waals surface area contributed by atoms with Gasteiger partial charge in [0, 0.05) is 5.56 Å². The van der Waals surface area contributed by atoms with Gasteiger partial charge in [-0.3, -0.25) is 10.2 Å². The standard InChI is InChI=1S/C11H13FN2O/c12-9-6-7-10(9)13-14-11(15)8-4-2-1-3-5-8/h1-5,9-10,13H,6-7H2,(H,14,15)/t9-,10-/m1/s1. The SMILES string of the molecule is O=C(NN[C@@H]1CC[C@H]1F)c1ccccc1. The Balaban J connectivity index is 1.83. The second kappa shape index (κ2) is 4.40. The van der Waals surface area contributed by atoms with Crippen LogP contribution in [0.25, 0.3) is 0 Å². The normalized spacial score (nSPS) is 24.3. The van der Waals surface area contributed by atoms with Crippen LogP contribution in [-0.4, -0.2) is 18.1 Å². The van der Waals surface area contributed by atoms with E-state index in [1.165, 1.54) is 0 Å². The maximum atomic E-state index is 12.8. The van der Waals surface area contributed by atoms with Crippen molar-refractivity contribution >= 4 is 5.91 Å². The number of hydrogen-bond donors (Lipinski definition) is 2. The molecule has 0 saturated heterocycles. The van der Waals surface area contributed by atoms with Crippen molar-refractivity contribution in [2.45, 2.75) is 25.1 Å². The smallest absolute Gasteiger partial charge is 0.265 e. The number of carbonyl (C=O) groups excluding carboxylic acids is 1. The van der Waals surface area contributed by atoms with Gasteiger partial charge in [-0.2, -0.15) is 0 Å². The topological polar surface area (TPSA) is 41.1 Å². The second-order valence-electron chi connectivity index (χ2n) is 3.66. The number of nitrogens with one attached hydrogen (secondary N) is 2. The molecule has 2 atom stereocenters. The van der Waals surface area contributed by atoms with Crippen LogP contribution in [0.2, 0.25) is 0 Å². The molecular formula is C11H13FN2O. The second-order valence-corrected chi connectivity index (χ2v) is 3.66. The van der Waals surface area contributed by atoms with Crippen LogP contribution in [0.4, 0.5) is 4.39 Å². The van der Waals surface area contributed by atoms with Gasteiger partial charge in [0.2, 0.25) is 0 Å². The number of benzene rings is 1. The van der Waals surface area contributed by atoms with E-state index in [2.05, 4.69) is 10.9 Å². The monoisotopic (exact) mass is 208 g/mol. The zero-order valence-electron chi connectivity index (χ0n) is 8.24. The molecule has 1 amide bonds. The van der Waals surface area contributed by atoms with E-state index in [9.17, 15) is 9.18 Å². The third-order valence-corrected chi connectivity index (χ3v) is 2.60. The average molecular weight is 208 g/mol. The fourth-order valence-corrected chi connectivity index (χ4v) is 1.44. The molecule has 0 spiro atoms. The lowest BCUT2D eigenvalue weighted by Crippen LogP contribution is -2.53. The number of carbonyl (C=O) groups is 1. The van der Waals surface area contributed by atoms with Crippen molar-refractivity contribution in [3.05, 3.63) is 35.9 Å². The van der Waals surface area contributed by atoms with Gasteiger partial charge in [0.05, 0.1) is 6.04 Å². The molecular weight excluding hydrogens is 195 g/mol. The Hall–Kier alpha value is -1.42. The van der Waals surface area contributed by atoms with Crippen LogP contribution in [0.15, 0.2) is 30.3 Å². The molecule has 1 saturated carbocycles. The number of hydrazine groups is 1. The molecule has 0 aromatic heterocycles. The first kappa shape index (κ1) is 10.1. The third-order valence-electron chi connectivity index (χ3n) is 2.60. The summed E-state index contributed by atoms with van der Waals surface area (Å²) in [5.41, 5.74) is 5.76. The van der Waals surface area contributed by atoms with Gasteiger partial charge >= 0.3 is 0 Å². The van der Waals surface area contributed by atoms with Crippen LogP contribution in [0.3, 0.4) is 0 Å². The van der Waals surface area contributed by atoms with Crippen molar-refractivity contribution in [1.29, 1.82) is 0 Å². The van der Waals surface area contributed by atoms with Crippen molar-refractivity contribution in [2.24, 2.45) is 0 Å². The van der Waals surface area contributed by atoms with Crippen molar-refractivity contribution < 1.29 is 9.18 Å². The molecule has 4 heteroatoms. The molecule has 1 aromatic rings. The van der Waals surface area contributed by atoms with Crippen LogP contribution in [-0.2, 0) is 0 Å². The molecule has 1 aliphatic carbocycles. The zero-order valence-corrected chi connectivity index (χ0v) is 8.24. The van der Waals surface area contributed by atoms with E-state index < -0.39 is 6.17 Å². The van der Waals surface area contributed by atoms with Gasteiger partial charge in [-0.15, -0.1) is 0 Å². The van der Waals surface area contributed by atoms with Gasteiger partial charge in [0.1, 0.15) is 6.17 Å². The summed E-state index contributed by atoms with van der Waals surface area (Å²) < 4.78 is 12.8. The lowest BCUT2D eigenvalue weighted by Gasteiger charge is -2.31. The van der Waals surface area contributed by atoms with Gasteiger partial charge < -0.3 is 0 Å². The first-order chi connectivity index (χ1) is 7.27. The van der Waals surface area contributed by atoms with E-state index in [1.807, 2.05) is 6.07 Å². The van der Waals surface area contributed by atoms with Gasteiger partial charge in [0.15, 0.2) is 0 Å². The minimum absolute atomic E-state index is 0.224. The molecule has 1 aliphatic rings. The highest BCUT2D eigenvalue weighted by Crippen LogP contribution is 2.22. The summed E-state index contributed by atoms with van der Waals surface area (Å²) in [6.45, 7) is 0. The summed E-state index contributed by atoms with van der Waals surface area (Å²) in [6, 6.07) is 8.62. The molecule has 2 N–H and O–H groups in total. The van der Waals surface area contributed by atoms with E-state index >= 15 is 0 Å². The minimum Gasteiger partial charge on any atom is -0.287 e. The Morgan fingerprint density at radius 1 is 1.27 bits per heavy atom. The van der Waals surface area contributed by atoms with Gasteiger partial charge in [-0.1, -0.05) is 18.2 Å². The molecule has 0 radical (unpaired) electrons. The highest BCUT2D eigenvalue weighted by molar-refractivity contribution is 5.93. The Bertz CT molecular complexity index is 342. The predicted octanol–water partition coefficient (Wildman–Crippen LogP) is 1.42. The van der Waals surface area contributed by atoms with E-state index in [0.717, 1.165) is 6.42 Å². The first-order valence-electron chi connectivity index (χ1n) is 5.02. The Kier molecular flexibility index (Phi) is 2.97. The highest BCUT2D eigenvalue weighted by atomic mass is 19.1. The zero-order chi connectivity index (χ0) is 10.7. The molecule has 1 aromatic carbocycles. The van der Waals surface area contributed by atoms with Crippen LogP contribution in [0.5, 0.6) is 0 Å². The van der Waals surface area contributed by atoms with E-state index in [4.69, 9.17) is 0 Å². The molecule has 0 bridgehead atoms. The molecule has 2 rings (SSSR count). The van der Waals surface area contributed by atoms with Crippen molar-refractivity contribution in [2.75, 3.05) is 0 Å². The molecule has 0 aliphatic heterocycles. The summed E-state index contributed by atoms with van der Waals surface area (Å²) in [4.78, 5) is 11.5. The summed E-state index contributed by atoms with van der Waals surface area (Å²) in [5, 5.41) is 0. The lowest BCUT2D eigenvalue weighted by atomic mass is 9.91. The van der Waals surface area contributed by atoms with Crippen LogP contribution >= 0.6 is 0 Å². The Labute approximate surface area is 87.6 Å². The molecule has 15 heavy (non-hydrogen) atoms. The number of hydrogen-bond acceptors (Lipinski definition) is 2. The summed E-state index contributed by atoms with van der Waals surface area (Å²) in [7, 11) is 0. The van der Waals surface area contributed by atoms with Crippen molar-refractivity contribution in [3.8, 4) is 0 Å². The average Bonchev–Trinajstić information content (AvgIpc) is 2.28. The molecule has 80 valence electrons. The van der Waals surface area contributed by atoms with E-state index in [-0.39, 0.29) is 11.9 Å². The lowest BCUT2D eigenvalue weighted by molar-refractivity contribution is 0.0852. The largest absolute Gasteiger partial charge is 0.287 e. The van der Waals surface area contributed by atoms with E-state index in [1.54, 1.807) is 24.3 Å². The third kappa shape index (κ3) is 2.33. The van der Waals surface area contributed by atoms with Crippen molar-refractivity contribution in [1.82, 2.24) is 10.9 Å². The molecule has 0 heterocycles.